The summed E-state index contributed by atoms with van der Waals surface area (Å²) in [6.45, 7) is 13.0. The number of hydrogen-bond donors (Lipinski definition) is 1. The number of ether oxygens (including phenoxy) is 1. The van der Waals surface area contributed by atoms with Crippen molar-refractivity contribution in [1.82, 2.24) is 14.7 Å². The predicted octanol–water partition coefficient (Wildman–Crippen LogP) is 6.01. The van der Waals surface area contributed by atoms with E-state index in [0.717, 1.165) is 27.7 Å². The summed E-state index contributed by atoms with van der Waals surface area (Å²) in [6, 6.07) is 5.76. The fraction of sp³-hybridized carbons (Fsp3) is 0.609. The Labute approximate surface area is 199 Å². The molecule has 9 heteroatoms. The lowest BCUT2D eigenvalue weighted by Gasteiger charge is -2.33. The van der Waals surface area contributed by atoms with E-state index in [9.17, 15) is 9.59 Å². The maximum atomic E-state index is 13.1. The molecule has 1 N–H and O–H groups in total. The zero-order valence-corrected chi connectivity index (χ0v) is 21.3. The minimum Gasteiger partial charge on any atom is -0.444 e. The Morgan fingerprint density at radius 2 is 1.97 bits per heavy atom. The van der Waals surface area contributed by atoms with Gasteiger partial charge in [0.25, 0.3) is 5.91 Å². The van der Waals surface area contributed by atoms with E-state index in [4.69, 9.17) is 16.3 Å². The van der Waals surface area contributed by atoms with Crippen molar-refractivity contribution in [3.63, 3.8) is 0 Å². The molecule has 1 aliphatic rings. The molecule has 1 fully saturated rings. The fourth-order valence-corrected chi connectivity index (χ4v) is 4.56. The molecule has 0 saturated carbocycles. The first-order chi connectivity index (χ1) is 14.8. The summed E-state index contributed by atoms with van der Waals surface area (Å²) in [5.41, 5.74) is -0.310. The van der Waals surface area contributed by atoms with Gasteiger partial charge in [-0.3, -0.25) is 4.79 Å². The van der Waals surface area contributed by atoms with Crippen LogP contribution in [0.2, 0.25) is 4.34 Å². The number of nitrogens with zero attached hydrogens (tertiary/aromatic N) is 3. The Balaban J connectivity index is 1.81. The Bertz CT molecular complexity index is 971. The molecule has 1 atom stereocenters. The molecule has 3 rings (SSSR count). The highest BCUT2D eigenvalue weighted by Gasteiger charge is 2.32. The number of halogens is 1. The molecule has 0 bridgehead atoms. The van der Waals surface area contributed by atoms with Crippen LogP contribution >= 0.6 is 22.9 Å². The molecule has 1 unspecified atom stereocenters. The van der Waals surface area contributed by atoms with Gasteiger partial charge in [0.05, 0.1) is 16.6 Å². The van der Waals surface area contributed by atoms with Crippen LogP contribution in [0.3, 0.4) is 0 Å². The standard InChI is InChI=1S/C23H33ClN4O3S/c1-22(2,3)20(29)28-19(25-13-16-9-10-18(24)32-16)12-17(26-28)15-8-7-11-27(14-15)21(30)31-23(4,5)6/h9-10,12,15,25H,7-8,11,13-14H2,1-6H3. The molecular formula is C23H33ClN4O3S. The van der Waals surface area contributed by atoms with Crippen LogP contribution in [0.4, 0.5) is 10.6 Å². The topological polar surface area (TPSA) is 76.5 Å². The molecular weight excluding hydrogens is 448 g/mol. The highest BCUT2D eigenvalue weighted by Crippen LogP contribution is 2.31. The van der Waals surface area contributed by atoms with E-state index >= 15 is 0 Å². The second-order valence-electron chi connectivity index (χ2n) is 10.2. The van der Waals surface area contributed by atoms with Gasteiger partial charge < -0.3 is 15.0 Å². The molecule has 0 spiro atoms. The summed E-state index contributed by atoms with van der Waals surface area (Å²) in [5, 5.41) is 8.04. The first-order valence-corrected chi connectivity index (χ1v) is 12.1. The molecule has 1 amide bonds. The van der Waals surface area contributed by atoms with E-state index in [1.54, 1.807) is 4.90 Å². The lowest BCUT2D eigenvalue weighted by atomic mass is 9.95. The van der Waals surface area contributed by atoms with Crippen LogP contribution in [0.1, 0.15) is 75.7 Å². The third-order valence-electron chi connectivity index (χ3n) is 5.13. The predicted molar refractivity (Wildman–Crippen MR) is 129 cm³/mol. The third-order valence-corrected chi connectivity index (χ3v) is 6.36. The summed E-state index contributed by atoms with van der Waals surface area (Å²) in [6.07, 6.45) is 1.46. The molecule has 176 valence electrons. The van der Waals surface area contributed by atoms with Crippen molar-refractivity contribution in [2.75, 3.05) is 18.4 Å². The van der Waals surface area contributed by atoms with E-state index in [-0.39, 0.29) is 17.9 Å². The Morgan fingerprint density at radius 3 is 2.56 bits per heavy atom. The molecule has 0 radical (unpaired) electrons. The second-order valence-corrected chi connectivity index (χ2v) is 12.0. The largest absolute Gasteiger partial charge is 0.444 e. The van der Waals surface area contributed by atoms with Crippen molar-refractivity contribution in [3.8, 4) is 0 Å². The molecule has 3 heterocycles. The Hall–Kier alpha value is -2.06. The molecule has 1 saturated heterocycles. The highest BCUT2D eigenvalue weighted by atomic mass is 35.5. The zero-order chi connectivity index (χ0) is 23.7. The SMILES string of the molecule is CC(C)(C)OC(=O)N1CCCC(c2cc(NCc3ccc(Cl)s3)n(C(=O)C(C)(C)C)n2)C1. The summed E-state index contributed by atoms with van der Waals surface area (Å²) >= 11 is 7.55. The van der Waals surface area contributed by atoms with Crippen LogP contribution in [-0.4, -0.2) is 45.4 Å². The quantitative estimate of drug-likeness (QED) is 0.579. The van der Waals surface area contributed by atoms with Crippen LogP contribution in [0.25, 0.3) is 0 Å². The van der Waals surface area contributed by atoms with E-state index in [1.165, 1.54) is 16.0 Å². The summed E-state index contributed by atoms with van der Waals surface area (Å²) in [7, 11) is 0. The van der Waals surface area contributed by atoms with Crippen LogP contribution in [-0.2, 0) is 11.3 Å². The fourth-order valence-electron chi connectivity index (χ4n) is 3.53. The number of likely N-dealkylation sites (tertiary alicyclic amines) is 1. The average Bonchev–Trinajstić information content (AvgIpc) is 3.30. The van der Waals surface area contributed by atoms with Gasteiger partial charge in [0.1, 0.15) is 11.4 Å². The third kappa shape index (κ3) is 6.25. The van der Waals surface area contributed by atoms with Crippen LogP contribution in [0.15, 0.2) is 18.2 Å². The van der Waals surface area contributed by atoms with Gasteiger partial charge in [-0.05, 0) is 45.7 Å². The van der Waals surface area contributed by atoms with E-state index in [2.05, 4.69) is 10.4 Å². The van der Waals surface area contributed by atoms with Gasteiger partial charge in [-0.1, -0.05) is 32.4 Å². The first kappa shape index (κ1) is 24.6. The smallest absolute Gasteiger partial charge is 0.410 e. The van der Waals surface area contributed by atoms with Gasteiger partial charge in [0.2, 0.25) is 0 Å². The van der Waals surface area contributed by atoms with Crippen molar-refractivity contribution in [1.29, 1.82) is 0 Å². The number of thiophene rings is 1. The van der Waals surface area contributed by atoms with E-state index < -0.39 is 11.0 Å². The maximum absolute atomic E-state index is 13.1. The summed E-state index contributed by atoms with van der Waals surface area (Å²) in [4.78, 5) is 28.5. The first-order valence-electron chi connectivity index (χ1n) is 10.9. The van der Waals surface area contributed by atoms with E-state index in [1.807, 2.05) is 59.7 Å². The molecule has 1 aliphatic heterocycles. The highest BCUT2D eigenvalue weighted by molar-refractivity contribution is 7.16. The maximum Gasteiger partial charge on any atom is 0.410 e. The Morgan fingerprint density at radius 1 is 1.25 bits per heavy atom. The van der Waals surface area contributed by atoms with Gasteiger partial charge in [-0.15, -0.1) is 11.3 Å². The molecule has 0 aliphatic carbocycles. The number of aromatic nitrogens is 2. The van der Waals surface area contributed by atoms with Crippen molar-refractivity contribution >= 4 is 40.8 Å². The molecule has 2 aromatic rings. The lowest BCUT2D eigenvalue weighted by molar-refractivity contribution is 0.0196. The minimum atomic E-state index is -0.582. The van der Waals surface area contributed by atoms with Crippen LogP contribution < -0.4 is 5.32 Å². The van der Waals surface area contributed by atoms with Gasteiger partial charge in [0.15, 0.2) is 0 Å². The molecule has 2 aromatic heterocycles. The Kier molecular flexibility index (Phi) is 7.25. The zero-order valence-electron chi connectivity index (χ0n) is 19.7. The lowest BCUT2D eigenvalue weighted by Crippen LogP contribution is -2.42. The summed E-state index contributed by atoms with van der Waals surface area (Å²) in [5.74, 6) is 0.608. The molecule has 0 aromatic carbocycles. The number of carbonyl (C=O) groups is 2. The minimum absolute atomic E-state index is 0.0435. The van der Waals surface area contributed by atoms with Gasteiger partial charge in [0, 0.05) is 35.4 Å². The number of amides is 1. The van der Waals surface area contributed by atoms with Crippen LogP contribution in [0.5, 0.6) is 0 Å². The van der Waals surface area contributed by atoms with Gasteiger partial charge >= 0.3 is 6.09 Å². The number of nitrogens with one attached hydrogen (secondary N) is 1. The van der Waals surface area contributed by atoms with Gasteiger partial charge in [-0.25, -0.2) is 4.79 Å². The number of hydrogen-bond acceptors (Lipinski definition) is 6. The second kappa shape index (κ2) is 9.43. The monoisotopic (exact) mass is 480 g/mol. The van der Waals surface area contributed by atoms with Crippen molar-refractivity contribution in [2.24, 2.45) is 5.41 Å². The number of rotatable bonds is 4. The molecule has 7 nitrogen and oxygen atoms in total. The number of carbonyl (C=O) groups excluding carboxylic acids is 2. The normalized spacial score (nSPS) is 17.3. The average molecular weight is 481 g/mol. The van der Waals surface area contributed by atoms with Gasteiger partial charge in [-0.2, -0.15) is 9.78 Å². The van der Waals surface area contributed by atoms with Crippen molar-refractivity contribution < 1.29 is 14.3 Å². The van der Waals surface area contributed by atoms with E-state index in [0.29, 0.717) is 25.5 Å². The number of piperidine rings is 1. The molecule has 32 heavy (non-hydrogen) atoms. The van der Waals surface area contributed by atoms with Crippen molar-refractivity contribution in [3.05, 3.63) is 33.1 Å². The van der Waals surface area contributed by atoms with Crippen LogP contribution in [0, 0.1) is 5.41 Å². The number of anilines is 1. The van der Waals surface area contributed by atoms with Crippen molar-refractivity contribution in [2.45, 2.75) is 72.4 Å². The summed E-state index contributed by atoms with van der Waals surface area (Å²) < 4.78 is 7.75.